The summed E-state index contributed by atoms with van der Waals surface area (Å²) in [5, 5.41) is 0. The average molecular weight is 268 g/mol. The van der Waals surface area contributed by atoms with Crippen LogP contribution in [0.15, 0.2) is 23.1 Å². The molecule has 96 valence electrons. The standard InChI is InChI=1S/C10H11F3O3S/c1-3-16-17(14,15)9-7(2)5-4-6-8(9)10(11,12)13/h4-6H,3H2,1-2H3. The first-order chi connectivity index (χ1) is 7.70. The Morgan fingerprint density at radius 2 is 1.88 bits per heavy atom. The molecule has 0 radical (unpaired) electrons. The van der Waals surface area contributed by atoms with Gasteiger partial charge in [-0.15, -0.1) is 0 Å². The molecule has 0 saturated carbocycles. The molecule has 1 rings (SSSR count). The average Bonchev–Trinajstić information content (AvgIpc) is 2.15. The van der Waals surface area contributed by atoms with Crippen molar-refractivity contribution >= 4 is 10.1 Å². The van der Waals surface area contributed by atoms with Crippen LogP contribution in [0.5, 0.6) is 0 Å². The van der Waals surface area contributed by atoms with Crippen LogP contribution in [-0.2, 0) is 20.5 Å². The van der Waals surface area contributed by atoms with Crippen molar-refractivity contribution in [3.05, 3.63) is 29.3 Å². The summed E-state index contributed by atoms with van der Waals surface area (Å²) in [4.78, 5) is -0.811. The Morgan fingerprint density at radius 3 is 2.35 bits per heavy atom. The number of benzene rings is 1. The van der Waals surface area contributed by atoms with Gasteiger partial charge in [-0.2, -0.15) is 21.6 Å². The summed E-state index contributed by atoms with van der Waals surface area (Å²) in [6.45, 7) is 2.47. The van der Waals surface area contributed by atoms with Gasteiger partial charge in [-0.3, -0.25) is 4.18 Å². The normalized spacial score (nSPS) is 12.8. The minimum absolute atomic E-state index is 0.00766. The van der Waals surface area contributed by atoms with E-state index >= 15 is 0 Å². The summed E-state index contributed by atoms with van der Waals surface area (Å²) >= 11 is 0. The molecule has 0 fully saturated rings. The lowest BCUT2D eigenvalue weighted by molar-refractivity contribution is -0.140. The van der Waals surface area contributed by atoms with Gasteiger partial charge >= 0.3 is 6.18 Å². The molecule has 0 atom stereocenters. The van der Waals surface area contributed by atoms with E-state index < -0.39 is 26.8 Å². The highest BCUT2D eigenvalue weighted by Gasteiger charge is 2.38. The SMILES string of the molecule is CCOS(=O)(=O)c1c(C)cccc1C(F)(F)F. The first kappa shape index (κ1) is 14.0. The summed E-state index contributed by atoms with van der Waals surface area (Å²) in [5.41, 5.74) is -1.20. The Labute approximate surface area is 97.3 Å². The van der Waals surface area contributed by atoms with Gasteiger partial charge < -0.3 is 0 Å². The third-order valence-corrected chi connectivity index (χ3v) is 3.63. The number of hydrogen-bond donors (Lipinski definition) is 0. The molecule has 7 heteroatoms. The number of alkyl halides is 3. The van der Waals surface area contributed by atoms with Crippen molar-refractivity contribution < 1.29 is 25.8 Å². The Bertz CT molecular complexity index is 506. The Morgan fingerprint density at radius 1 is 1.29 bits per heavy atom. The number of aryl methyl sites for hydroxylation is 1. The highest BCUT2D eigenvalue weighted by molar-refractivity contribution is 7.86. The Kier molecular flexibility index (Phi) is 3.83. The zero-order valence-corrected chi connectivity index (χ0v) is 10.0. The summed E-state index contributed by atoms with van der Waals surface area (Å²) in [6, 6.07) is 3.17. The molecule has 1 aromatic rings. The predicted octanol–water partition coefficient (Wildman–Crippen LogP) is 2.74. The first-order valence-electron chi connectivity index (χ1n) is 4.76. The molecular weight excluding hydrogens is 257 g/mol. The first-order valence-corrected chi connectivity index (χ1v) is 6.17. The fourth-order valence-electron chi connectivity index (χ4n) is 1.42. The highest BCUT2D eigenvalue weighted by atomic mass is 32.2. The van der Waals surface area contributed by atoms with Crippen LogP contribution in [0.3, 0.4) is 0 Å². The van der Waals surface area contributed by atoms with E-state index in [-0.39, 0.29) is 12.2 Å². The number of rotatable bonds is 3. The molecule has 0 aromatic heterocycles. The molecule has 0 heterocycles. The van der Waals surface area contributed by atoms with E-state index in [4.69, 9.17) is 0 Å². The van der Waals surface area contributed by atoms with Gasteiger partial charge in [0.05, 0.1) is 12.2 Å². The maximum Gasteiger partial charge on any atom is 0.417 e. The fraction of sp³-hybridized carbons (Fsp3) is 0.400. The molecule has 0 bridgehead atoms. The molecule has 0 N–H and O–H groups in total. The van der Waals surface area contributed by atoms with E-state index in [9.17, 15) is 21.6 Å². The molecule has 3 nitrogen and oxygen atoms in total. The van der Waals surface area contributed by atoms with E-state index in [1.165, 1.54) is 19.9 Å². The second-order valence-corrected chi connectivity index (χ2v) is 4.86. The lowest BCUT2D eigenvalue weighted by atomic mass is 10.1. The Balaban J connectivity index is 3.52. The van der Waals surface area contributed by atoms with E-state index in [1.807, 2.05) is 0 Å². The van der Waals surface area contributed by atoms with Crippen LogP contribution < -0.4 is 0 Å². The van der Waals surface area contributed by atoms with Crippen molar-refractivity contribution in [1.29, 1.82) is 0 Å². The van der Waals surface area contributed by atoms with Crippen molar-refractivity contribution in [1.82, 2.24) is 0 Å². The van der Waals surface area contributed by atoms with Crippen molar-refractivity contribution in [3.63, 3.8) is 0 Å². The van der Waals surface area contributed by atoms with Gasteiger partial charge in [0, 0.05) is 0 Å². The van der Waals surface area contributed by atoms with Crippen LogP contribution in [0.4, 0.5) is 13.2 Å². The van der Waals surface area contributed by atoms with Gasteiger partial charge in [-0.05, 0) is 25.5 Å². The maximum absolute atomic E-state index is 12.7. The zero-order chi connectivity index (χ0) is 13.3. The lowest BCUT2D eigenvalue weighted by Crippen LogP contribution is -2.16. The van der Waals surface area contributed by atoms with Gasteiger partial charge in [-0.1, -0.05) is 12.1 Å². The summed E-state index contributed by atoms with van der Waals surface area (Å²) < 4.78 is 65.6. The third-order valence-electron chi connectivity index (χ3n) is 2.04. The molecular formula is C10H11F3O3S. The van der Waals surface area contributed by atoms with Crippen molar-refractivity contribution in [2.24, 2.45) is 0 Å². The van der Waals surface area contributed by atoms with E-state index in [0.29, 0.717) is 0 Å². The second-order valence-electron chi connectivity index (χ2n) is 3.31. The molecule has 0 aliphatic rings. The molecule has 0 unspecified atom stereocenters. The van der Waals surface area contributed by atoms with Gasteiger partial charge in [0.1, 0.15) is 4.90 Å². The van der Waals surface area contributed by atoms with Crippen LogP contribution in [0, 0.1) is 6.92 Å². The minimum Gasteiger partial charge on any atom is -0.267 e. The topological polar surface area (TPSA) is 43.4 Å². The van der Waals surface area contributed by atoms with Crippen LogP contribution in [0.25, 0.3) is 0 Å². The smallest absolute Gasteiger partial charge is 0.267 e. The monoisotopic (exact) mass is 268 g/mol. The van der Waals surface area contributed by atoms with Gasteiger partial charge in [0.15, 0.2) is 0 Å². The minimum atomic E-state index is -4.73. The highest BCUT2D eigenvalue weighted by Crippen LogP contribution is 2.36. The van der Waals surface area contributed by atoms with Crippen molar-refractivity contribution in [2.45, 2.75) is 24.9 Å². The van der Waals surface area contributed by atoms with Crippen LogP contribution in [0.1, 0.15) is 18.1 Å². The summed E-state index contributed by atoms with van der Waals surface area (Å²) in [6.07, 6.45) is -4.73. The molecule has 1 aromatic carbocycles. The molecule has 0 amide bonds. The van der Waals surface area contributed by atoms with E-state index in [2.05, 4.69) is 4.18 Å². The lowest BCUT2D eigenvalue weighted by Gasteiger charge is -2.14. The van der Waals surface area contributed by atoms with Crippen molar-refractivity contribution in [2.75, 3.05) is 6.61 Å². The maximum atomic E-state index is 12.7. The number of halogens is 3. The van der Waals surface area contributed by atoms with Crippen LogP contribution in [0.2, 0.25) is 0 Å². The van der Waals surface area contributed by atoms with Crippen molar-refractivity contribution in [3.8, 4) is 0 Å². The molecule has 0 spiro atoms. The van der Waals surface area contributed by atoms with Gasteiger partial charge in [0.2, 0.25) is 0 Å². The predicted molar refractivity (Wildman–Crippen MR) is 55.0 cm³/mol. The molecule has 0 saturated heterocycles. The third kappa shape index (κ3) is 2.98. The van der Waals surface area contributed by atoms with Gasteiger partial charge in [-0.25, -0.2) is 0 Å². The Hall–Kier alpha value is -1.08. The largest absolute Gasteiger partial charge is 0.417 e. The quantitative estimate of drug-likeness (QED) is 0.792. The molecule has 0 aliphatic heterocycles. The summed E-state index contributed by atoms with van der Waals surface area (Å²) in [5.74, 6) is 0. The van der Waals surface area contributed by atoms with E-state index in [0.717, 1.165) is 12.1 Å². The molecule has 17 heavy (non-hydrogen) atoms. The van der Waals surface area contributed by atoms with Crippen LogP contribution >= 0.6 is 0 Å². The zero-order valence-electron chi connectivity index (χ0n) is 9.21. The number of hydrogen-bond acceptors (Lipinski definition) is 3. The fourth-order valence-corrected chi connectivity index (χ4v) is 2.77. The van der Waals surface area contributed by atoms with E-state index in [1.54, 1.807) is 0 Å². The van der Waals surface area contributed by atoms with Crippen LogP contribution in [-0.4, -0.2) is 15.0 Å². The second kappa shape index (κ2) is 4.66. The molecule has 0 aliphatic carbocycles. The summed E-state index contributed by atoms with van der Waals surface area (Å²) in [7, 11) is -4.37. The van der Waals surface area contributed by atoms with Gasteiger partial charge in [0.25, 0.3) is 10.1 Å².